The molecule has 2 rings (SSSR count). The number of carbonyl (C=O) groups excluding carboxylic acids is 2. The van der Waals surface area contributed by atoms with Crippen molar-refractivity contribution >= 4 is 29.2 Å². The van der Waals surface area contributed by atoms with Crippen LogP contribution in [0.1, 0.15) is 31.1 Å². The van der Waals surface area contributed by atoms with Crippen LogP contribution in [0.15, 0.2) is 36.4 Å². The van der Waals surface area contributed by atoms with E-state index in [1.807, 2.05) is 13.8 Å². The number of nitrogens with one attached hydrogen (secondary N) is 1. The van der Waals surface area contributed by atoms with Gasteiger partial charge in [-0.3, -0.25) is 4.79 Å². The quantitative estimate of drug-likeness (QED) is 0.683. The Morgan fingerprint density at radius 2 is 1.75 bits per heavy atom. The van der Waals surface area contributed by atoms with E-state index < -0.39 is 23.8 Å². The second-order valence-corrected chi connectivity index (χ2v) is 6.61. The molecule has 2 aromatic rings. The van der Waals surface area contributed by atoms with Gasteiger partial charge in [-0.2, -0.15) is 0 Å². The lowest BCUT2D eigenvalue weighted by atomic mass is 10.2. The molecule has 0 bridgehead atoms. The van der Waals surface area contributed by atoms with Gasteiger partial charge in [0.2, 0.25) is 0 Å². The Labute approximate surface area is 167 Å². The van der Waals surface area contributed by atoms with E-state index in [1.165, 1.54) is 50.4 Å². The lowest BCUT2D eigenvalue weighted by Gasteiger charge is -2.17. The zero-order valence-corrected chi connectivity index (χ0v) is 16.7. The average molecular weight is 410 g/mol. The molecule has 0 aliphatic heterocycles. The number of rotatable bonds is 7. The lowest BCUT2D eigenvalue weighted by Crippen LogP contribution is -2.30. The number of carbonyl (C=O) groups is 2. The van der Waals surface area contributed by atoms with Gasteiger partial charge in [0.15, 0.2) is 17.6 Å². The first-order valence-corrected chi connectivity index (χ1v) is 8.90. The van der Waals surface area contributed by atoms with Crippen molar-refractivity contribution in [2.45, 2.75) is 33.0 Å². The fourth-order valence-electron chi connectivity index (χ4n) is 2.25. The summed E-state index contributed by atoms with van der Waals surface area (Å²) in [5, 5.41) is 2.72. The normalized spacial score (nSPS) is 11.7. The molecule has 1 atom stereocenters. The third-order valence-corrected chi connectivity index (χ3v) is 3.86. The topological polar surface area (TPSA) is 73.9 Å². The van der Waals surface area contributed by atoms with Gasteiger partial charge in [-0.1, -0.05) is 11.6 Å². The van der Waals surface area contributed by atoms with Gasteiger partial charge in [-0.05, 0) is 57.2 Å². The molecule has 8 heteroatoms. The van der Waals surface area contributed by atoms with Crippen LogP contribution in [0, 0.1) is 5.82 Å². The van der Waals surface area contributed by atoms with Crippen LogP contribution < -0.4 is 14.8 Å². The Bertz CT molecular complexity index is 854. The maximum atomic E-state index is 12.9. The molecule has 28 heavy (non-hydrogen) atoms. The van der Waals surface area contributed by atoms with Gasteiger partial charge in [0, 0.05) is 5.69 Å². The van der Waals surface area contributed by atoms with Gasteiger partial charge in [0.05, 0.1) is 23.8 Å². The zero-order chi connectivity index (χ0) is 20.8. The molecule has 0 saturated carbocycles. The first kappa shape index (κ1) is 21.5. The van der Waals surface area contributed by atoms with Crippen LogP contribution in [0.25, 0.3) is 0 Å². The molecule has 0 saturated heterocycles. The summed E-state index contributed by atoms with van der Waals surface area (Å²) >= 11 is 6.20. The lowest BCUT2D eigenvalue weighted by molar-refractivity contribution is -0.123. The van der Waals surface area contributed by atoms with Crippen molar-refractivity contribution in [3.05, 3.63) is 52.8 Å². The third-order valence-electron chi connectivity index (χ3n) is 3.58. The molecule has 0 unspecified atom stereocenters. The van der Waals surface area contributed by atoms with E-state index in [1.54, 1.807) is 0 Å². The van der Waals surface area contributed by atoms with E-state index in [4.69, 9.17) is 25.8 Å². The Balaban J connectivity index is 2.09. The van der Waals surface area contributed by atoms with Crippen molar-refractivity contribution in [3.8, 4) is 11.5 Å². The first-order chi connectivity index (χ1) is 13.2. The highest BCUT2D eigenvalue weighted by atomic mass is 35.5. The van der Waals surface area contributed by atoms with Crippen LogP contribution in [-0.4, -0.2) is 31.2 Å². The van der Waals surface area contributed by atoms with Gasteiger partial charge in [0.25, 0.3) is 5.91 Å². The van der Waals surface area contributed by atoms with Crippen molar-refractivity contribution < 1.29 is 28.2 Å². The van der Waals surface area contributed by atoms with Gasteiger partial charge in [-0.25, -0.2) is 9.18 Å². The number of amides is 1. The molecule has 1 N–H and O–H groups in total. The van der Waals surface area contributed by atoms with Crippen LogP contribution in [0.2, 0.25) is 5.02 Å². The Kier molecular flexibility index (Phi) is 7.23. The first-order valence-electron chi connectivity index (χ1n) is 8.53. The van der Waals surface area contributed by atoms with E-state index in [0.717, 1.165) is 0 Å². The maximum Gasteiger partial charge on any atom is 0.339 e. The molecular weight excluding hydrogens is 389 g/mol. The summed E-state index contributed by atoms with van der Waals surface area (Å²) in [4.78, 5) is 24.6. The fourth-order valence-corrected chi connectivity index (χ4v) is 2.50. The summed E-state index contributed by atoms with van der Waals surface area (Å²) in [6, 6.07) is 8.04. The van der Waals surface area contributed by atoms with Crippen LogP contribution in [0.3, 0.4) is 0 Å². The molecule has 0 spiro atoms. The molecule has 1 amide bonds. The maximum absolute atomic E-state index is 12.9. The molecule has 0 aliphatic carbocycles. The van der Waals surface area contributed by atoms with Crippen LogP contribution in [0.4, 0.5) is 10.1 Å². The summed E-state index contributed by atoms with van der Waals surface area (Å²) in [5.41, 5.74) is 0.494. The molecule has 150 valence electrons. The van der Waals surface area contributed by atoms with Crippen molar-refractivity contribution in [1.82, 2.24) is 0 Å². The summed E-state index contributed by atoms with van der Waals surface area (Å²) < 4.78 is 28.9. The van der Waals surface area contributed by atoms with Crippen LogP contribution in [-0.2, 0) is 9.53 Å². The van der Waals surface area contributed by atoms with Gasteiger partial charge < -0.3 is 19.5 Å². The van der Waals surface area contributed by atoms with Crippen LogP contribution in [0.5, 0.6) is 11.5 Å². The van der Waals surface area contributed by atoms with Crippen LogP contribution >= 0.6 is 11.6 Å². The minimum absolute atomic E-state index is 0.111. The standard InChI is InChI=1S/C20H21ClFNO5/c1-11(2)27-18-16(21)9-13(10-17(18)26-4)20(25)28-12(3)19(24)23-15-7-5-14(22)6-8-15/h5-12H,1-4H3,(H,23,24)/t12-/m1/s1. The molecule has 6 nitrogen and oxygen atoms in total. The summed E-state index contributed by atoms with van der Waals surface area (Å²) in [6.07, 6.45) is -1.23. The number of anilines is 1. The summed E-state index contributed by atoms with van der Waals surface area (Å²) in [6.45, 7) is 5.09. The van der Waals surface area contributed by atoms with Crippen molar-refractivity contribution in [2.24, 2.45) is 0 Å². The van der Waals surface area contributed by atoms with Gasteiger partial charge in [0.1, 0.15) is 5.82 Å². The second-order valence-electron chi connectivity index (χ2n) is 6.20. The molecule has 0 heterocycles. The molecule has 0 fully saturated rings. The van der Waals surface area contributed by atoms with E-state index in [-0.39, 0.29) is 22.4 Å². The second kappa shape index (κ2) is 9.41. The Hall–Kier alpha value is -2.80. The molecule has 0 aromatic heterocycles. The summed E-state index contributed by atoms with van der Waals surface area (Å²) in [5.74, 6) is -1.14. The highest BCUT2D eigenvalue weighted by Gasteiger charge is 2.22. The highest BCUT2D eigenvalue weighted by molar-refractivity contribution is 6.32. The largest absolute Gasteiger partial charge is 0.493 e. The average Bonchev–Trinajstić information content (AvgIpc) is 2.64. The predicted octanol–water partition coefficient (Wildman–Crippen LogP) is 4.46. The smallest absolute Gasteiger partial charge is 0.339 e. The minimum atomic E-state index is -1.09. The van der Waals surface area contributed by atoms with Crippen molar-refractivity contribution in [1.29, 1.82) is 0 Å². The number of hydrogen-bond acceptors (Lipinski definition) is 5. The summed E-state index contributed by atoms with van der Waals surface area (Å²) in [7, 11) is 1.42. The monoisotopic (exact) mass is 409 g/mol. The number of hydrogen-bond donors (Lipinski definition) is 1. The fraction of sp³-hybridized carbons (Fsp3) is 0.300. The van der Waals surface area contributed by atoms with E-state index in [0.29, 0.717) is 11.4 Å². The van der Waals surface area contributed by atoms with Gasteiger partial charge in [-0.15, -0.1) is 0 Å². The molecule has 0 radical (unpaired) electrons. The van der Waals surface area contributed by atoms with Crippen molar-refractivity contribution in [2.75, 3.05) is 12.4 Å². The van der Waals surface area contributed by atoms with E-state index >= 15 is 0 Å². The number of methoxy groups -OCH3 is 1. The Morgan fingerprint density at radius 3 is 2.32 bits per heavy atom. The molecule has 2 aromatic carbocycles. The van der Waals surface area contributed by atoms with Crippen molar-refractivity contribution in [3.63, 3.8) is 0 Å². The number of ether oxygens (including phenoxy) is 3. The minimum Gasteiger partial charge on any atom is -0.493 e. The van der Waals surface area contributed by atoms with Gasteiger partial charge >= 0.3 is 5.97 Å². The predicted molar refractivity (Wildman–Crippen MR) is 104 cm³/mol. The Morgan fingerprint density at radius 1 is 1.11 bits per heavy atom. The highest BCUT2D eigenvalue weighted by Crippen LogP contribution is 2.37. The zero-order valence-electron chi connectivity index (χ0n) is 15.9. The third kappa shape index (κ3) is 5.60. The van der Waals surface area contributed by atoms with E-state index in [2.05, 4.69) is 5.32 Å². The number of halogens is 2. The number of benzene rings is 2. The molecule has 0 aliphatic rings. The molecular formula is C20H21ClFNO5. The van der Waals surface area contributed by atoms with E-state index in [9.17, 15) is 14.0 Å². The number of esters is 1. The SMILES string of the molecule is COc1cc(C(=O)O[C@H](C)C(=O)Nc2ccc(F)cc2)cc(Cl)c1OC(C)C.